The number of amides is 1. The molecule has 0 saturated carbocycles. The number of benzene rings is 1. The van der Waals surface area contributed by atoms with Crippen molar-refractivity contribution >= 4 is 41.1 Å². The zero-order valence-electron chi connectivity index (χ0n) is 14.9. The van der Waals surface area contributed by atoms with E-state index in [2.05, 4.69) is 17.1 Å². The second kappa shape index (κ2) is 7.90. The molecule has 7 heteroatoms. The van der Waals surface area contributed by atoms with E-state index in [9.17, 15) is 4.79 Å². The fraction of sp³-hybridized carbons (Fsp3) is 0.400. The van der Waals surface area contributed by atoms with Gasteiger partial charge >= 0.3 is 6.09 Å². The standard InChI is InChI=1S/C20H20Cl2N2O2S/c1-26-20(25)24-9-5-6-12-10-15(27-13-7-3-2-4-8-13)14-11-16(21)23-19(22)17(14)18(12)24/h2-4,7-8,11-12,15,18H,5-6,9-10H2,1H3/t12-,15-,18-/m1/s1. The number of likely N-dealkylation sites (tertiary alicyclic amines) is 1. The van der Waals surface area contributed by atoms with Crippen LogP contribution < -0.4 is 0 Å². The predicted molar refractivity (Wildman–Crippen MR) is 108 cm³/mol. The van der Waals surface area contributed by atoms with E-state index >= 15 is 0 Å². The van der Waals surface area contributed by atoms with Crippen LogP contribution in [-0.4, -0.2) is 29.6 Å². The number of carbonyl (C=O) groups excluding carboxylic acids is 1. The van der Waals surface area contributed by atoms with Crippen LogP contribution in [0.15, 0.2) is 41.3 Å². The zero-order valence-corrected chi connectivity index (χ0v) is 17.2. The van der Waals surface area contributed by atoms with E-state index in [1.807, 2.05) is 36.0 Å². The fourth-order valence-corrected chi connectivity index (χ4v) is 6.15. The summed E-state index contributed by atoms with van der Waals surface area (Å²) in [7, 11) is 1.42. The topological polar surface area (TPSA) is 42.4 Å². The highest BCUT2D eigenvalue weighted by Gasteiger charge is 2.44. The Labute approximate surface area is 173 Å². The summed E-state index contributed by atoms with van der Waals surface area (Å²) < 4.78 is 5.03. The maximum Gasteiger partial charge on any atom is 0.410 e. The van der Waals surface area contributed by atoms with E-state index in [0.717, 1.165) is 30.4 Å². The third-order valence-corrected chi connectivity index (χ3v) is 7.12. The molecular formula is C20H20Cl2N2O2S. The van der Waals surface area contributed by atoms with Gasteiger partial charge in [-0.05, 0) is 48.9 Å². The molecule has 1 aliphatic heterocycles. The minimum Gasteiger partial charge on any atom is -0.453 e. The van der Waals surface area contributed by atoms with Gasteiger partial charge in [-0.3, -0.25) is 0 Å². The fourth-order valence-electron chi connectivity index (χ4n) is 4.28. The molecule has 1 aromatic carbocycles. The number of rotatable bonds is 2. The molecule has 0 bridgehead atoms. The van der Waals surface area contributed by atoms with E-state index in [1.54, 1.807) is 4.90 Å². The summed E-state index contributed by atoms with van der Waals surface area (Å²) in [6.45, 7) is 0.669. The molecule has 4 rings (SSSR count). The molecule has 1 aromatic heterocycles. The average molecular weight is 423 g/mol. The average Bonchev–Trinajstić information content (AvgIpc) is 2.67. The Balaban J connectivity index is 1.78. The number of aromatic nitrogens is 1. The molecule has 1 saturated heterocycles. The second-order valence-corrected chi connectivity index (χ2v) is 8.93. The van der Waals surface area contributed by atoms with Gasteiger partial charge in [0.2, 0.25) is 0 Å². The number of hydrogen-bond donors (Lipinski definition) is 0. The highest BCUT2D eigenvalue weighted by atomic mass is 35.5. The van der Waals surface area contributed by atoms with Gasteiger partial charge in [-0.2, -0.15) is 0 Å². The number of nitrogens with zero attached hydrogens (tertiary/aromatic N) is 2. The summed E-state index contributed by atoms with van der Waals surface area (Å²) in [6.07, 6.45) is 2.67. The van der Waals surface area contributed by atoms with Gasteiger partial charge in [-0.15, -0.1) is 11.8 Å². The molecule has 0 unspecified atom stereocenters. The van der Waals surface area contributed by atoms with Crippen molar-refractivity contribution in [2.24, 2.45) is 5.92 Å². The van der Waals surface area contributed by atoms with Crippen LogP contribution in [-0.2, 0) is 4.74 Å². The minimum absolute atomic E-state index is 0.105. The van der Waals surface area contributed by atoms with E-state index < -0.39 is 0 Å². The number of carbonyl (C=O) groups is 1. The van der Waals surface area contributed by atoms with Crippen molar-refractivity contribution in [1.82, 2.24) is 9.88 Å². The number of halogens is 2. The smallest absolute Gasteiger partial charge is 0.410 e. The molecule has 3 atom stereocenters. The lowest BCUT2D eigenvalue weighted by atomic mass is 9.75. The molecule has 2 aliphatic rings. The monoisotopic (exact) mass is 422 g/mol. The highest BCUT2D eigenvalue weighted by Crippen LogP contribution is 2.55. The summed E-state index contributed by atoms with van der Waals surface area (Å²) in [5.74, 6) is 0.326. The van der Waals surface area contributed by atoms with E-state index in [0.29, 0.717) is 22.8 Å². The van der Waals surface area contributed by atoms with Crippen molar-refractivity contribution in [3.8, 4) is 0 Å². The highest BCUT2D eigenvalue weighted by molar-refractivity contribution is 7.99. The van der Waals surface area contributed by atoms with Crippen LogP contribution in [0.4, 0.5) is 4.79 Å². The van der Waals surface area contributed by atoms with Gasteiger partial charge in [-0.1, -0.05) is 41.4 Å². The second-order valence-electron chi connectivity index (χ2n) is 6.90. The molecule has 0 spiro atoms. The van der Waals surface area contributed by atoms with Crippen LogP contribution in [0.2, 0.25) is 10.3 Å². The minimum atomic E-state index is -0.309. The lowest BCUT2D eigenvalue weighted by Gasteiger charge is -2.46. The van der Waals surface area contributed by atoms with Crippen molar-refractivity contribution in [2.75, 3.05) is 13.7 Å². The van der Waals surface area contributed by atoms with E-state index in [4.69, 9.17) is 27.9 Å². The Morgan fingerprint density at radius 2 is 2.07 bits per heavy atom. The van der Waals surface area contributed by atoms with Gasteiger partial charge in [0.1, 0.15) is 10.3 Å². The van der Waals surface area contributed by atoms with Gasteiger partial charge in [0.15, 0.2) is 0 Å². The summed E-state index contributed by atoms with van der Waals surface area (Å²) in [5.41, 5.74) is 2.00. The van der Waals surface area contributed by atoms with Crippen molar-refractivity contribution < 1.29 is 9.53 Å². The Kier molecular flexibility index (Phi) is 5.53. The molecule has 1 amide bonds. The molecule has 27 heavy (non-hydrogen) atoms. The van der Waals surface area contributed by atoms with Crippen LogP contribution in [0.5, 0.6) is 0 Å². The molecule has 4 nitrogen and oxygen atoms in total. The third-order valence-electron chi connectivity index (χ3n) is 5.36. The number of methoxy groups -OCH3 is 1. The SMILES string of the molecule is COC(=O)N1CCC[C@@H]2C[C@@H](Sc3ccccc3)c3cc(Cl)nc(Cl)c3[C@@H]21. The van der Waals surface area contributed by atoms with E-state index in [1.165, 1.54) is 12.0 Å². The van der Waals surface area contributed by atoms with Gasteiger partial charge in [0, 0.05) is 22.3 Å². The Morgan fingerprint density at radius 1 is 1.30 bits per heavy atom. The molecule has 2 aromatic rings. The van der Waals surface area contributed by atoms with E-state index in [-0.39, 0.29) is 17.4 Å². The number of piperidine rings is 1. The number of fused-ring (bicyclic) bond motifs is 3. The van der Waals surface area contributed by atoms with Crippen molar-refractivity contribution in [3.05, 3.63) is 57.8 Å². The number of ether oxygens (including phenoxy) is 1. The van der Waals surface area contributed by atoms with Crippen molar-refractivity contribution in [1.29, 1.82) is 0 Å². The predicted octanol–water partition coefficient (Wildman–Crippen LogP) is 6.15. The third kappa shape index (κ3) is 3.65. The van der Waals surface area contributed by atoms with Crippen LogP contribution in [0.1, 0.15) is 41.7 Å². The first kappa shape index (κ1) is 18.9. The summed E-state index contributed by atoms with van der Waals surface area (Å²) in [4.78, 5) is 19.7. The largest absolute Gasteiger partial charge is 0.453 e. The van der Waals surface area contributed by atoms with Crippen LogP contribution in [0.25, 0.3) is 0 Å². The summed E-state index contributed by atoms with van der Waals surface area (Å²) in [5, 5.41) is 0.997. The Bertz CT molecular complexity index is 849. The molecule has 0 N–H and O–H groups in total. The van der Waals surface area contributed by atoms with Crippen LogP contribution >= 0.6 is 35.0 Å². The first-order chi connectivity index (χ1) is 13.1. The van der Waals surface area contributed by atoms with Crippen molar-refractivity contribution in [3.63, 3.8) is 0 Å². The molecule has 1 aliphatic carbocycles. The molecule has 0 radical (unpaired) electrons. The summed E-state index contributed by atoms with van der Waals surface area (Å²) in [6, 6.07) is 12.1. The van der Waals surface area contributed by atoms with Crippen LogP contribution in [0.3, 0.4) is 0 Å². The van der Waals surface area contributed by atoms with Crippen molar-refractivity contribution in [2.45, 2.75) is 35.4 Å². The maximum atomic E-state index is 12.4. The normalized spacial score (nSPS) is 24.1. The quantitative estimate of drug-likeness (QED) is 0.544. The maximum absolute atomic E-state index is 12.4. The van der Waals surface area contributed by atoms with Gasteiger partial charge < -0.3 is 9.64 Å². The first-order valence-corrected chi connectivity index (χ1v) is 10.6. The van der Waals surface area contributed by atoms with Gasteiger partial charge in [-0.25, -0.2) is 9.78 Å². The first-order valence-electron chi connectivity index (χ1n) is 9.00. The Morgan fingerprint density at radius 3 is 2.81 bits per heavy atom. The van der Waals surface area contributed by atoms with Gasteiger partial charge in [0.05, 0.1) is 13.2 Å². The Hall–Kier alpha value is -1.43. The lowest BCUT2D eigenvalue weighted by molar-refractivity contribution is 0.0580. The zero-order chi connectivity index (χ0) is 19.0. The van der Waals surface area contributed by atoms with Gasteiger partial charge in [0.25, 0.3) is 0 Å². The lowest BCUT2D eigenvalue weighted by Crippen LogP contribution is -2.45. The number of pyridine rings is 1. The van der Waals surface area contributed by atoms with Crippen LogP contribution in [0, 0.1) is 5.92 Å². The molecular weight excluding hydrogens is 403 g/mol. The number of thioether (sulfide) groups is 1. The molecule has 142 valence electrons. The summed E-state index contributed by atoms with van der Waals surface area (Å²) >= 11 is 14.6. The number of hydrogen-bond acceptors (Lipinski definition) is 4. The molecule has 1 fully saturated rings. The molecule has 2 heterocycles.